The second-order valence-corrected chi connectivity index (χ2v) is 4.58. The summed E-state index contributed by atoms with van der Waals surface area (Å²) >= 11 is 1.42. The molecule has 0 fully saturated rings. The van der Waals surface area contributed by atoms with E-state index in [0.29, 0.717) is 0 Å². The Balaban J connectivity index is 2.07. The predicted octanol–water partition coefficient (Wildman–Crippen LogP) is 2.83. The predicted molar refractivity (Wildman–Crippen MR) is 68.5 cm³/mol. The molecule has 0 aliphatic heterocycles. The van der Waals surface area contributed by atoms with Gasteiger partial charge in [-0.15, -0.1) is 0 Å². The summed E-state index contributed by atoms with van der Waals surface area (Å²) in [6, 6.07) is 8.04. The van der Waals surface area contributed by atoms with Gasteiger partial charge in [0.2, 0.25) is 5.13 Å². The van der Waals surface area contributed by atoms with Gasteiger partial charge >= 0.3 is 0 Å². The number of fused-ring (bicyclic) bond motifs is 1. The number of para-hydroxylation sites is 2. The van der Waals surface area contributed by atoms with Crippen LogP contribution in [0.4, 0.5) is 0 Å². The van der Waals surface area contributed by atoms with E-state index in [1.165, 1.54) is 11.5 Å². The van der Waals surface area contributed by atoms with Crippen LogP contribution in [-0.2, 0) is 6.42 Å². The summed E-state index contributed by atoms with van der Waals surface area (Å²) in [5, 5.41) is 0.891. The van der Waals surface area contributed by atoms with Gasteiger partial charge in [-0.25, -0.2) is 9.97 Å². The first-order valence-electron chi connectivity index (χ1n) is 5.63. The van der Waals surface area contributed by atoms with Crippen molar-refractivity contribution >= 4 is 22.6 Å². The molecule has 0 saturated carbocycles. The zero-order valence-corrected chi connectivity index (χ0v) is 10.3. The Morgan fingerprint density at radius 1 is 1.29 bits per heavy atom. The van der Waals surface area contributed by atoms with Crippen molar-refractivity contribution < 1.29 is 0 Å². The quantitative estimate of drug-likeness (QED) is 0.711. The minimum atomic E-state index is 0.891. The molecule has 0 amide bonds. The monoisotopic (exact) mass is 244 g/mol. The molecule has 2 heterocycles. The fourth-order valence-electron chi connectivity index (χ4n) is 1.78. The Hall–Kier alpha value is -1.75. The number of aryl methyl sites for hydroxylation is 1. The molecule has 0 aliphatic carbocycles. The molecule has 1 aromatic carbocycles. The summed E-state index contributed by atoms with van der Waals surface area (Å²) in [4.78, 5) is 8.88. The summed E-state index contributed by atoms with van der Waals surface area (Å²) in [5.41, 5.74) is 2.06. The molecular formula is C12H12N4S. The van der Waals surface area contributed by atoms with E-state index in [2.05, 4.69) is 21.3 Å². The van der Waals surface area contributed by atoms with Gasteiger partial charge in [-0.2, -0.15) is 4.37 Å². The fraction of sp³-hybridized carbons (Fsp3) is 0.250. The SMILES string of the molecule is CCCc1nsc(-n2cnc3ccccc32)n1. The van der Waals surface area contributed by atoms with Crippen LogP contribution in [0, 0.1) is 0 Å². The second kappa shape index (κ2) is 4.25. The molecule has 0 atom stereocenters. The topological polar surface area (TPSA) is 43.6 Å². The van der Waals surface area contributed by atoms with Crippen LogP contribution in [0.25, 0.3) is 16.2 Å². The van der Waals surface area contributed by atoms with Gasteiger partial charge in [-0.3, -0.25) is 4.57 Å². The van der Waals surface area contributed by atoms with Crippen molar-refractivity contribution in [2.24, 2.45) is 0 Å². The molecule has 0 spiro atoms. The van der Waals surface area contributed by atoms with Crippen molar-refractivity contribution in [2.45, 2.75) is 19.8 Å². The normalized spacial score (nSPS) is 11.1. The van der Waals surface area contributed by atoms with Crippen molar-refractivity contribution in [1.29, 1.82) is 0 Å². The highest BCUT2D eigenvalue weighted by molar-refractivity contribution is 7.08. The second-order valence-electron chi connectivity index (χ2n) is 3.85. The Bertz CT molecular complexity index is 641. The van der Waals surface area contributed by atoms with Gasteiger partial charge in [0.1, 0.15) is 12.2 Å². The summed E-state index contributed by atoms with van der Waals surface area (Å²) in [5.74, 6) is 0.922. The first kappa shape index (κ1) is 10.4. The molecule has 4 nitrogen and oxygen atoms in total. The van der Waals surface area contributed by atoms with Gasteiger partial charge in [0, 0.05) is 18.0 Å². The Morgan fingerprint density at radius 2 is 2.18 bits per heavy atom. The standard InChI is InChI=1S/C12H12N4S/c1-2-5-11-14-12(17-15-11)16-8-13-9-6-3-4-7-10(9)16/h3-4,6-8H,2,5H2,1H3. The zero-order chi connectivity index (χ0) is 11.7. The van der Waals surface area contributed by atoms with E-state index in [-0.39, 0.29) is 0 Å². The molecular weight excluding hydrogens is 232 g/mol. The number of benzene rings is 1. The van der Waals surface area contributed by atoms with E-state index in [1.807, 2.05) is 28.8 Å². The number of hydrogen-bond acceptors (Lipinski definition) is 4. The zero-order valence-electron chi connectivity index (χ0n) is 9.50. The van der Waals surface area contributed by atoms with Crippen molar-refractivity contribution in [3.8, 4) is 5.13 Å². The lowest BCUT2D eigenvalue weighted by Gasteiger charge is -1.96. The number of rotatable bonds is 3. The third kappa shape index (κ3) is 1.82. The maximum Gasteiger partial charge on any atom is 0.215 e. The first-order valence-corrected chi connectivity index (χ1v) is 6.41. The molecule has 0 bridgehead atoms. The molecule has 0 radical (unpaired) electrons. The van der Waals surface area contributed by atoms with Crippen LogP contribution in [0.1, 0.15) is 19.2 Å². The highest BCUT2D eigenvalue weighted by atomic mass is 32.1. The van der Waals surface area contributed by atoms with Crippen LogP contribution in [0.5, 0.6) is 0 Å². The van der Waals surface area contributed by atoms with Crippen LogP contribution < -0.4 is 0 Å². The summed E-state index contributed by atoms with van der Waals surface area (Å²) in [6.07, 6.45) is 3.81. The van der Waals surface area contributed by atoms with Gasteiger partial charge in [0.15, 0.2) is 0 Å². The average Bonchev–Trinajstić information content (AvgIpc) is 2.95. The van der Waals surface area contributed by atoms with E-state index in [0.717, 1.165) is 34.8 Å². The molecule has 3 aromatic rings. The molecule has 0 saturated heterocycles. The molecule has 0 unspecified atom stereocenters. The third-order valence-corrected chi connectivity index (χ3v) is 3.34. The number of hydrogen-bond donors (Lipinski definition) is 0. The van der Waals surface area contributed by atoms with Crippen LogP contribution in [0.3, 0.4) is 0 Å². The molecule has 0 N–H and O–H groups in total. The van der Waals surface area contributed by atoms with E-state index in [4.69, 9.17) is 0 Å². The lowest BCUT2D eigenvalue weighted by molar-refractivity contribution is 0.854. The number of imidazole rings is 1. The Kier molecular flexibility index (Phi) is 2.60. The summed E-state index contributed by atoms with van der Waals surface area (Å²) < 4.78 is 6.34. The largest absolute Gasteiger partial charge is 0.273 e. The summed E-state index contributed by atoms with van der Waals surface area (Å²) in [6.45, 7) is 2.13. The van der Waals surface area contributed by atoms with Crippen LogP contribution in [0.2, 0.25) is 0 Å². The van der Waals surface area contributed by atoms with Crippen molar-refractivity contribution in [3.63, 3.8) is 0 Å². The lowest BCUT2D eigenvalue weighted by atomic mass is 10.3. The van der Waals surface area contributed by atoms with Gasteiger partial charge < -0.3 is 0 Å². The molecule has 0 aliphatic rings. The van der Waals surface area contributed by atoms with E-state index >= 15 is 0 Å². The van der Waals surface area contributed by atoms with Crippen LogP contribution >= 0.6 is 11.5 Å². The highest BCUT2D eigenvalue weighted by Gasteiger charge is 2.08. The van der Waals surface area contributed by atoms with E-state index in [9.17, 15) is 0 Å². The van der Waals surface area contributed by atoms with Gasteiger partial charge in [-0.1, -0.05) is 19.1 Å². The Morgan fingerprint density at radius 3 is 3.06 bits per heavy atom. The minimum absolute atomic E-state index is 0.891. The first-order chi connectivity index (χ1) is 8.38. The maximum absolute atomic E-state index is 4.52. The molecule has 17 heavy (non-hydrogen) atoms. The number of aromatic nitrogens is 4. The molecule has 5 heteroatoms. The molecule has 3 rings (SSSR count). The van der Waals surface area contributed by atoms with E-state index < -0.39 is 0 Å². The highest BCUT2D eigenvalue weighted by Crippen LogP contribution is 2.19. The van der Waals surface area contributed by atoms with Crippen molar-refractivity contribution in [3.05, 3.63) is 36.4 Å². The maximum atomic E-state index is 4.52. The van der Waals surface area contributed by atoms with Gasteiger partial charge in [0.25, 0.3) is 0 Å². The third-order valence-electron chi connectivity index (χ3n) is 2.59. The van der Waals surface area contributed by atoms with Gasteiger partial charge in [-0.05, 0) is 18.6 Å². The van der Waals surface area contributed by atoms with E-state index in [1.54, 1.807) is 6.33 Å². The Labute approximate surface area is 103 Å². The lowest BCUT2D eigenvalue weighted by Crippen LogP contribution is -1.92. The van der Waals surface area contributed by atoms with Crippen molar-refractivity contribution in [2.75, 3.05) is 0 Å². The minimum Gasteiger partial charge on any atom is -0.273 e. The van der Waals surface area contributed by atoms with Crippen LogP contribution in [0.15, 0.2) is 30.6 Å². The molecule has 86 valence electrons. The van der Waals surface area contributed by atoms with Gasteiger partial charge in [0.05, 0.1) is 11.0 Å². The van der Waals surface area contributed by atoms with Crippen LogP contribution in [-0.4, -0.2) is 18.9 Å². The smallest absolute Gasteiger partial charge is 0.215 e. The van der Waals surface area contributed by atoms with Crippen molar-refractivity contribution in [1.82, 2.24) is 18.9 Å². The molecule has 2 aromatic heterocycles. The fourth-order valence-corrected chi connectivity index (χ4v) is 2.48. The summed E-state index contributed by atoms with van der Waals surface area (Å²) in [7, 11) is 0. The average molecular weight is 244 g/mol. The number of nitrogens with zero attached hydrogens (tertiary/aromatic N) is 4.